The number of ketones is 1. The number of halogens is 3. The number of carbonyl (C=O) groups excluding carboxylic acids is 1. The molecule has 0 aromatic heterocycles. The molecule has 0 N–H and O–H groups in total. The van der Waals surface area contributed by atoms with E-state index in [1.807, 2.05) is 13.8 Å². The molecule has 0 fully saturated rings. The van der Waals surface area contributed by atoms with Crippen LogP contribution in [0, 0.1) is 0 Å². The summed E-state index contributed by atoms with van der Waals surface area (Å²) in [6, 6.07) is 4.35. The van der Waals surface area contributed by atoms with Gasteiger partial charge in [-0.1, -0.05) is 19.9 Å². The average Bonchev–Trinajstić information content (AvgIpc) is 2.35. The second kappa shape index (κ2) is 5.42. The number of carbonyl (C=O) groups is 1. The molecule has 0 aliphatic carbocycles. The Labute approximate surface area is 104 Å². The van der Waals surface area contributed by atoms with Crippen LogP contribution < -0.4 is 4.74 Å². The van der Waals surface area contributed by atoms with Gasteiger partial charge in [0, 0.05) is 0 Å². The van der Waals surface area contributed by atoms with Gasteiger partial charge in [-0.05, 0) is 30.0 Å². The molecule has 0 aliphatic rings. The maximum atomic E-state index is 12.5. The van der Waals surface area contributed by atoms with Crippen LogP contribution in [0.15, 0.2) is 18.2 Å². The van der Waals surface area contributed by atoms with Crippen molar-refractivity contribution in [3.63, 3.8) is 0 Å². The highest BCUT2D eigenvalue weighted by Gasteiger charge is 2.41. The Bertz CT molecular complexity index is 438. The summed E-state index contributed by atoms with van der Waals surface area (Å²) in [5.41, 5.74) is 0.272. The molecule has 100 valence electrons. The van der Waals surface area contributed by atoms with Crippen LogP contribution in [0.25, 0.3) is 0 Å². The summed E-state index contributed by atoms with van der Waals surface area (Å²) >= 11 is 0. The van der Waals surface area contributed by atoms with Crippen molar-refractivity contribution in [2.45, 2.75) is 32.4 Å². The zero-order valence-corrected chi connectivity index (χ0v) is 10.5. The fraction of sp³-hybridized carbons (Fsp3) is 0.462. The molecule has 1 atom stereocenters. The fourth-order valence-corrected chi connectivity index (χ4v) is 1.60. The molecule has 0 saturated carbocycles. The summed E-state index contributed by atoms with van der Waals surface area (Å²) < 4.78 is 42.2. The SMILES string of the molecule is CCC(C)c1ccc(OC)c(C(=O)C(F)(F)F)c1. The Balaban J connectivity index is 3.27. The Morgan fingerprint density at radius 2 is 2.00 bits per heavy atom. The summed E-state index contributed by atoms with van der Waals surface area (Å²) in [6.07, 6.45) is -4.10. The number of rotatable bonds is 4. The van der Waals surface area contributed by atoms with Crippen molar-refractivity contribution in [1.82, 2.24) is 0 Å². The summed E-state index contributed by atoms with van der Waals surface area (Å²) in [6.45, 7) is 3.82. The van der Waals surface area contributed by atoms with Crippen molar-refractivity contribution < 1.29 is 22.7 Å². The average molecular weight is 260 g/mol. The molecular weight excluding hydrogens is 245 g/mol. The van der Waals surface area contributed by atoms with Crippen molar-refractivity contribution in [2.24, 2.45) is 0 Å². The molecule has 5 heteroatoms. The van der Waals surface area contributed by atoms with Crippen molar-refractivity contribution in [3.05, 3.63) is 29.3 Å². The van der Waals surface area contributed by atoms with Gasteiger partial charge in [0.25, 0.3) is 5.78 Å². The van der Waals surface area contributed by atoms with E-state index in [0.717, 1.165) is 6.42 Å². The number of hydrogen-bond acceptors (Lipinski definition) is 2. The molecule has 0 heterocycles. The van der Waals surface area contributed by atoms with Crippen molar-refractivity contribution in [2.75, 3.05) is 7.11 Å². The Hall–Kier alpha value is -1.52. The number of Topliss-reactive ketones (excluding diaryl/α,β-unsaturated/α-hetero) is 1. The highest BCUT2D eigenvalue weighted by atomic mass is 19.4. The fourth-order valence-electron chi connectivity index (χ4n) is 1.60. The Morgan fingerprint density at radius 1 is 1.39 bits per heavy atom. The first-order valence-corrected chi connectivity index (χ1v) is 5.60. The van der Waals surface area contributed by atoms with Gasteiger partial charge in [0.05, 0.1) is 12.7 Å². The topological polar surface area (TPSA) is 26.3 Å². The highest BCUT2D eigenvalue weighted by Crippen LogP contribution is 2.31. The Morgan fingerprint density at radius 3 is 2.44 bits per heavy atom. The lowest BCUT2D eigenvalue weighted by Gasteiger charge is -2.14. The van der Waals surface area contributed by atoms with Gasteiger partial charge in [0.15, 0.2) is 0 Å². The molecule has 1 unspecified atom stereocenters. The summed E-state index contributed by atoms with van der Waals surface area (Å²) in [5, 5.41) is 0. The smallest absolute Gasteiger partial charge is 0.455 e. The van der Waals surface area contributed by atoms with Gasteiger partial charge in [0.1, 0.15) is 5.75 Å². The van der Waals surface area contributed by atoms with E-state index in [0.29, 0.717) is 5.56 Å². The third-order valence-electron chi connectivity index (χ3n) is 2.91. The molecule has 0 aliphatic heterocycles. The zero-order valence-electron chi connectivity index (χ0n) is 10.5. The number of alkyl halides is 3. The first kappa shape index (κ1) is 14.5. The third-order valence-corrected chi connectivity index (χ3v) is 2.91. The van der Waals surface area contributed by atoms with Crippen molar-refractivity contribution in [1.29, 1.82) is 0 Å². The zero-order chi connectivity index (χ0) is 13.9. The van der Waals surface area contributed by atoms with Crippen molar-refractivity contribution in [3.8, 4) is 5.75 Å². The van der Waals surface area contributed by atoms with Gasteiger partial charge in [-0.15, -0.1) is 0 Å². The lowest BCUT2D eigenvalue weighted by molar-refractivity contribution is -0.0886. The lowest BCUT2D eigenvalue weighted by atomic mass is 9.95. The predicted molar refractivity (Wildman–Crippen MR) is 62.1 cm³/mol. The van der Waals surface area contributed by atoms with Gasteiger partial charge in [0.2, 0.25) is 0 Å². The first-order valence-electron chi connectivity index (χ1n) is 5.60. The quantitative estimate of drug-likeness (QED) is 0.766. The van der Waals surface area contributed by atoms with Crippen LogP contribution in [-0.4, -0.2) is 19.1 Å². The van der Waals surface area contributed by atoms with Crippen LogP contribution in [0.1, 0.15) is 42.1 Å². The Kier molecular flexibility index (Phi) is 4.38. The number of benzene rings is 1. The monoisotopic (exact) mass is 260 g/mol. The second-order valence-electron chi connectivity index (χ2n) is 4.10. The van der Waals surface area contributed by atoms with Crippen molar-refractivity contribution >= 4 is 5.78 Å². The molecule has 0 spiro atoms. The van der Waals surface area contributed by atoms with Crippen LogP contribution >= 0.6 is 0 Å². The van der Waals surface area contributed by atoms with Crippen LogP contribution in [0.4, 0.5) is 13.2 Å². The van der Waals surface area contributed by atoms with E-state index in [1.54, 1.807) is 6.07 Å². The van der Waals surface area contributed by atoms with E-state index in [1.165, 1.54) is 19.2 Å². The molecule has 0 saturated heterocycles. The molecule has 0 bridgehead atoms. The number of ether oxygens (including phenoxy) is 1. The molecular formula is C13H15F3O2. The molecule has 0 radical (unpaired) electrons. The van der Waals surface area contributed by atoms with E-state index < -0.39 is 17.5 Å². The van der Waals surface area contributed by atoms with Gasteiger partial charge in [-0.3, -0.25) is 4.79 Å². The molecule has 1 rings (SSSR count). The van der Waals surface area contributed by atoms with E-state index in [2.05, 4.69) is 0 Å². The lowest BCUT2D eigenvalue weighted by Crippen LogP contribution is -2.23. The first-order chi connectivity index (χ1) is 8.31. The van der Waals surface area contributed by atoms with Gasteiger partial charge >= 0.3 is 6.18 Å². The maximum Gasteiger partial charge on any atom is 0.455 e. The highest BCUT2D eigenvalue weighted by molar-refractivity contribution is 6.02. The minimum Gasteiger partial charge on any atom is -0.496 e. The number of hydrogen-bond donors (Lipinski definition) is 0. The normalized spacial score (nSPS) is 13.2. The van der Waals surface area contributed by atoms with E-state index in [9.17, 15) is 18.0 Å². The summed E-state index contributed by atoms with van der Waals surface area (Å²) in [5.74, 6) is -1.83. The van der Waals surface area contributed by atoms with E-state index in [4.69, 9.17) is 4.74 Å². The standard InChI is InChI=1S/C13H15F3O2/c1-4-8(2)9-5-6-11(18-3)10(7-9)12(17)13(14,15)16/h5-8H,4H2,1-3H3. The van der Waals surface area contributed by atoms with Gasteiger partial charge < -0.3 is 4.74 Å². The second-order valence-corrected chi connectivity index (χ2v) is 4.10. The maximum absolute atomic E-state index is 12.5. The predicted octanol–water partition coefficient (Wildman–Crippen LogP) is 3.95. The van der Waals surface area contributed by atoms with E-state index in [-0.39, 0.29) is 11.7 Å². The minimum absolute atomic E-state index is 0.0515. The van der Waals surface area contributed by atoms with Gasteiger partial charge in [-0.25, -0.2) is 0 Å². The molecule has 1 aromatic rings. The summed E-state index contributed by atoms with van der Waals surface area (Å²) in [4.78, 5) is 11.3. The van der Waals surface area contributed by atoms with Crippen LogP contribution in [-0.2, 0) is 0 Å². The van der Waals surface area contributed by atoms with E-state index >= 15 is 0 Å². The molecule has 2 nitrogen and oxygen atoms in total. The largest absolute Gasteiger partial charge is 0.496 e. The summed E-state index contributed by atoms with van der Waals surface area (Å²) in [7, 11) is 1.24. The van der Waals surface area contributed by atoms with Gasteiger partial charge in [-0.2, -0.15) is 13.2 Å². The molecule has 18 heavy (non-hydrogen) atoms. The minimum atomic E-state index is -4.89. The molecule has 1 aromatic carbocycles. The molecule has 0 amide bonds. The number of methoxy groups -OCH3 is 1. The third kappa shape index (κ3) is 3.03. The van der Waals surface area contributed by atoms with Crippen LogP contribution in [0.5, 0.6) is 5.75 Å². The van der Waals surface area contributed by atoms with Crippen LogP contribution in [0.2, 0.25) is 0 Å². The van der Waals surface area contributed by atoms with Crippen LogP contribution in [0.3, 0.4) is 0 Å².